The van der Waals surface area contributed by atoms with Crippen molar-refractivity contribution in [2.24, 2.45) is 5.10 Å². The van der Waals surface area contributed by atoms with Crippen LogP contribution in [0, 0.1) is 0 Å². The van der Waals surface area contributed by atoms with E-state index in [0.29, 0.717) is 0 Å². The number of nitrogens with zero attached hydrogens (tertiary/aromatic N) is 1. The number of hydrazone groups is 1. The SMILES string of the molecule is CC(C)(C)c1ccc(/C=N\NS(=O)(=O)c2ccccc2)cc1. The van der Waals surface area contributed by atoms with Gasteiger partial charge in [-0.05, 0) is 28.7 Å². The summed E-state index contributed by atoms with van der Waals surface area (Å²) in [5.74, 6) is 0. The van der Waals surface area contributed by atoms with Gasteiger partial charge in [0.15, 0.2) is 0 Å². The predicted octanol–water partition coefficient (Wildman–Crippen LogP) is 3.30. The normalized spacial score (nSPS) is 12.5. The van der Waals surface area contributed by atoms with E-state index < -0.39 is 10.0 Å². The predicted molar refractivity (Wildman–Crippen MR) is 89.5 cm³/mol. The zero-order valence-electron chi connectivity index (χ0n) is 12.9. The van der Waals surface area contributed by atoms with Crippen LogP contribution in [0.4, 0.5) is 0 Å². The van der Waals surface area contributed by atoms with Gasteiger partial charge < -0.3 is 0 Å². The first kappa shape index (κ1) is 16.2. The van der Waals surface area contributed by atoms with Crippen LogP contribution in [0.25, 0.3) is 0 Å². The molecule has 0 bridgehead atoms. The van der Waals surface area contributed by atoms with E-state index >= 15 is 0 Å². The molecular weight excluding hydrogens is 296 g/mol. The average molecular weight is 316 g/mol. The lowest BCUT2D eigenvalue weighted by Crippen LogP contribution is -2.18. The molecule has 22 heavy (non-hydrogen) atoms. The molecule has 2 aromatic rings. The Labute approximate surface area is 131 Å². The number of benzene rings is 2. The third kappa shape index (κ3) is 4.18. The van der Waals surface area contributed by atoms with Gasteiger partial charge in [-0.2, -0.15) is 13.5 Å². The van der Waals surface area contributed by atoms with Crippen molar-refractivity contribution >= 4 is 16.2 Å². The molecule has 0 spiro atoms. The zero-order chi connectivity index (χ0) is 16.2. The smallest absolute Gasteiger partial charge is 0.200 e. The number of nitrogens with one attached hydrogen (secondary N) is 1. The number of hydrogen-bond donors (Lipinski definition) is 1. The average Bonchev–Trinajstić information content (AvgIpc) is 2.48. The molecule has 0 amide bonds. The van der Waals surface area contributed by atoms with Crippen LogP contribution in [0.15, 0.2) is 64.6 Å². The first-order chi connectivity index (χ1) is 10.3. The Morgan fingerprint density at radius 3 is 2.09 bits per heavy atom. The summed E-state index contributed by atoms with van der Waals surface area (Å²) in [5.41, 5.74) is 2.14. The van der Waals surface area contributed by atoms with E-state index in [2.05, 4.69) is 30.7 Å². The number of rotatable bonds is 4. The van der Waals surface area contributed by atoms with Crippen LogP contribution < -0.4 is 4.83 Å². The van der Waals surface area contributed by atoms with Crippen LogP contribution in [0.1, 0.15) is 31.9 Å². The van der Waals surface area contributed by atoms with Gasteiger partial charge in [0.05, 0.1) is 11.1 Å². The molecule has 0 saturated heterocycles. The highest BCUT2D eigenvalue weighted by Gasteiger charge is 2.13. The van der Waals surface area contributed by atoms with Gasteiger partial charge in [-0.3, -0.25) is 0 Å². The van der Waals surface area contributed by atoms with Crippen molar-refractivity contribution in [1.82, 2.24) is 4.83 Å². The molecule has 2 rings (SSSR count). The Kier molecular flexibility index (Phi) is 4.66. The minimum atomic E-state index is -3.61. The fraction of sp³-hybridized carbons (Fsp3) is 0.235. The molecule has 0 aromatic heterocycles. The molecule has 5 heteroatoms. The summed E-state index contributed by atoms with van der Waals surface area (Å²) < 4.78 is 24.0. The van der Waals surface area contributed by atoms with E-state index in [9.17, 15) is 8.42 Å². The summed E-state index contributed by atoms with van der Waals surface area (Å²) in [6.07, 6.45) is 1.49. The second kappa shape index (κ2) is 6.32. The van der Waals surface area contributed by atoms with Crippen molar-refractivity contribution in [2.75, 3.05) is 0 Å². The van der Waals surface area contributed by atoms with E-state index in [1.807, 2.05) is 24.3 Å². The van der Waals surface area contributed by atoms with E-state index in [1.165, 1.54) is 23.9 Å². The Bertz CT molecular complexity index is 743. The first-order valence-corrected chi connectivity index (χ1v) is 8.48. The Morgan fingerprint density at radius 2 is 1.55 bits per heavy atom. The van der Waals surface area contributed by atoms with Crippen LogP contribution in [-0.2, 0) is 15.4 Å². The molecule has 0 atom stereocenters. The Balaban J connectivity index is 2.07. The van der Waals surface area contributed by atoms with Gasteiger partial charge >= 0.3 is 0 Å². The van der Waals surface area contributed by atoms with Crippen molar-refractivity contribution in [3.8, 4) is 0 Å². The van der Waals surface area contributed by atoms with Gasteiger partial charge in [0, 0.05) is 0 Å². The maximum Gasteiger partial charge on any atom is 0.276 e. The van der Waals surface area contributed by atoms with Crippen LogP contribution in [0.2, 0.25) is 0 Å². The largest absolute Gasteiger partial charge is 0.276 e. The van der Waals surface area contributed by atoms with Gasteiger partial charge in [0.1, 0.15) is 0 Å². The quantitative estimate of drug-likeness (QED) is 0.695. The summed E-state index contributed by atoms with van der Waals surface area (Å²) in [7, 11) is -3.61. The highest BCUT2D eigenvalue weighted by molar-refractivity contribution is 7.89. The van der Waals surface area contributed by atoms with E-state index in [4.69, 9.17) is 0 Å². The molecule has 0 aliphatic carbocycles. The standard InChI is InChI=1S/C17H20N2O2S/c1-17(2,3)15-11-9-14(10-12-15)13-18-19-22(20,21)16-7-5-4-6-8-16/h4-13,19H,1-3H3/b18-13-. The van der Waals surface area contributed by atoms with Crippen molar-refractivity contribution in [3.05, 3.63) is 65.7 Å². The first-order valence-electron chi connectivity index (χ1n) is 6.99. The van der Waals surface area contributed by atoms with Crippen molar-refractivity contribution in [3.63, 3.8) is 0 Å². The maximum atomic E-state index is 12.0. The fourth-order valence-corrected chi connectivity index (χ4v) is 2.70. The van der Waals surface area contributed by atoms with E-state index in [-0.39, 0.29) is 10.3 Å². The summed E-state index contributed by atoms with van der Waals surface area (Å²) in [5, 5.41) is 3.82. The van der Waals surface area contributed by atoms with Crippen LogP contribution in [0.5, 0.6) is 0 Å². The van der Waals surface area contributed by atoms with Crippen LogP contribution in [-0.4, -0.2) is 14.6 Å². The zero-order valence-corrected chi connectivity index (χ0v) is 13.8. The van der Waals surface area contributed by atoms with Crippen molar-refractivity contribution < 1.29 is 8.42 Å². The highest BCUT2D eigenvalue weighted by atomic mass is 32.2. The minimum absolute atomic E-state index is 0.0879. The van der Waals surface area contributed by atoms with Crippen molar-refractivity contribution in [2.45, 2.75) is 31.1 Å². The Hall–Kier alpha value is -2.14. The van der Waals surface area contributed by atoms with Crippen molar-refractivity contribution in [1.29, 1.82) is 0 Å². The maximum absolute atomic E-state index is 12.0. The second-order valence-electron chi connectivity index (χ2n) is 6.04. The number of hydrogen-bond acceptors (Lipinski definition) is 3. The summed E-state index contributed by atoms with van der Waals surface area (Å²) in [4.78, 5) is 2.40. The summed E-state index contributed by atoms with van der Waals surface area (Å²) in [6, 6.07) is 16.0. The molecule has 0 aliphatic heterocycles. The molecule has 1 N–H and O–H groups in total. The van der Waals surface area contributed by atoms with Gasteiger partial charge in [0.25, 0.3) is 10.0 Å². The molecule has 116 valence electrons. The lowest BCUT2D eigenvalue weighted by atomic mass is 9.87. The third-order valence-corrected chi connectivity index (χ3v) is 4.46. The monoisotopic (exact) mass is 316 g/mol. The fourth-order valence-electron chi connectivity index (χ4n) is 1.89. The van der Waals surface area contributed by atoms with Gasteiger partial charge in [0.2, 0.25) is 0 Å². The van der Waals surface area contributed by atoms with Gasteiger partial charge in [-0.1, -0.05) is 63.2 Å². The lowest BCUT2D eigenvalue weighted by Gasteiger charge is -2.18. The highest BCUT2D eigenvalue weighted by Crippen LogP contribution is 2.21. The van der Waals surface area contributed by atoms with Gasteiger partial charge in [-0.15, -0.1) is 0 Å². The summed E-state index contributed by atoms with van der Waals surface area (Å²) >= 11 is 0. The van der Waals surface area contributed by atoms with Gasteiger partial charge in [-0.25, -0.2) is 4.83 Å². The van der Waals surface area contributed by atoms with E-state index in [0.717, 1.165) is 5.56 Å². The molecular formula is C17H20N2O2S. The second-order valence-corrected chi connectivity index (χ2v) is 7.70. The third-order valence-electron chi connectivity index (χ3n) is 3.22. The van der Waals surface area contributed by atoms with E-state index in [1.54, 1.807) is 18.2 Å². The molecule has 0 unspecified atom stereocenters. The lowest BCUT2D eigenvalue weighted by molar-refractivity contribution is 0.584. The number of sulfonamides is 1. The Morgan fingerprint density at radius 1 is 0.955 bits per heavy atom. The molecule has 2 aromatic carbocycles. The molecule has 4 nitrogen and oxygen atoms in total. The minimum Gasteiger partial charge on any atom is -0.200 e. The topological polar surface area (TPSA) is 58.5 Å². The van der Waals surface area contributed by atoms with Crippen LogP contribution in [0.3, 0.4) is 0 Å². The van der Waals surface area contributed by atoms with Crippen LogP contribution >= 0.6 is 0 Å². The molecule has 0 fully saturated rings. The molecule has 0 aliphatic rings. The molecule has 0 radical (unpaired) electrons. The molecule has 0 saturated carbocycles. The summed E-state index contributed by atoms with van der Waals surface area (Å²) in [6.45, 7) is 6.43. The molecule has 0 heterocycles.